The normalized spacial score (nSPS) is 10.9. The number of aldehydes is 1. The summed E-state index contributed by atoms with van der Waals surface area (Å²) in [7, 11) is 0. The lowest BCUT2D eigenvalue weighted by Gasteiger charge is -2.06. The molecule has 1 aromatic carbocycles. The van der Waals surface area contributed by atoms with Gasteiger partial charge in [0.05, 0.1) is 4.47 Å². The van der Waals surface area contributed by atoms with Gasteiger partial charge in [-0.2, -0.15) is 0 Å². The van der Waals surface area contributed by atoms with E-state index >= 15 is 0 Å². The summed E-state index contributed by atoms with van der Waals surface area (Å²) in [6, 6.07) is 9.07. The second-order valence-corrected chi connectivity index (χ2v) is 6.79. The van der Waals surface area contributed by atoms with Crippen LogP contribution in [0.1, 0.15) is 17.5 Å². The van der Waals surface area contributed by atoms with E-state index < -0.39 is 0 Å². The second kappa shape index (κ2) is 6.90. The molecule has 3 rings (SSSR count). The number of carbonyl (C=O) groups is 1. The topological polar surface area (TPSA) is 60.9 Å². The zero-order valence-electron chi connectivity index (χ0n) is 12.0. The van der Waals surface area contributed by atoms with Crippen LogP contribution in [0.4, 0.5) is 0 Å². The number of carbonyl (C=O) groups excluding carboxylic acids is 1. The van der Waals surface area contributed by atoms with Crippen molar-refractivity contribution in [3.05, 3.63) is 45.6 Å². The first-order valence-electron chi connectivity index (χ1n) is 6.74. The molecule has 0 saturated carbocycles. The summed E-state index contributed by atoms with van der Waals surface area (Å²) >= 11 is 10.6. The van der Waals surface area contributed by atoms with Gasteiger partial charge in [0, 0.05) is 23.2 Å². The third-order valence-corrected chi connectivity index (χ3v) is 5.19. The molecule has 0 atom stereocenters. The zero-order valence-corrected chi connectivity index (χ0v) is 15.2. The largest absolute Gasteiger partial charge is 0.445 e. The van der Waals surface area contributed by atoms with Crippen molar-refractivity contribution < 1.29 is 9.21 Å². The number of hydrogen-bond donors (Lipinski definition) is 0. The fourth-order valence-corrected chi connectivity index (χ4v) is 3.58. The summed E-state index contributed by atoms with van der Waals surface area (Å²) in [5.74, 6) is 1.02. The molecule has 0 aliphatic carbocycles. The maximum Gasteiger partial charge on any atom is 0.199 e. The lowest BCUT2D eigenvalue weighted by Crippen LogP contribution is -1.99. The molecule has 0 saturated heterocycles. The van der Waals surface area contributed by atoms with E-state index in [4.69, 9.17) is 16.0 Å². The van der Waals surface area contributed by atoms with Gasteiger partial charge in [-0.3, -0.25) is 4.79 Å². The number of halogens is 2. The van der Waals surface area contributed by atoms with Gasteiger partial charge in [0.25, 0.3) is 0 Å². The van der Waals surface area contributed by atoms with Gasteiger partial charge in [0.2, 0.25) is 0 Å². The summed E-state index contributed by atoms with van der Waals surface area (Å²) in [5, 5.41) is 10.4. The molecule has 0 amide bonds. The Morgan fingerprint density at radius 1 is 1.35 bits per heavy atom. The van der Waals surface area contributed by atoms with Crippen LogP contribution in [0.3, 0.4) is 0 Å². The van der Waals surface area contributed by atoms with Crippen molar-refractivity contribution in [3.8, 4) is 11.4 Å². The first-order chi connectivity index (χ1) is 11.1. The number of rotatable bonds is 5. The van der Waals surface area contributed by atoms with E-state index in [1.807, 2.05) is 35.8 Å². The number of benzene rings is 1. The van der Waals surface area contributed by atoms with Crippen molar-refractivity contribution in [1.82, 2.24) is 14.8 Å². The van der Waals surface area contributed by atoms with Crippen LogP contribution in [0, 0.1) is 0 Å². The molecule has 0 unspecified atom stereocenters. The SMILES string of the molecule is CCn1c(Sc2oc(C=O)cc2Br)nnc1-c1ccc(Cl)cc1. The summed E-state index contributed by atoms with van der Waals surface area (Å²) in [6.07, 6.45) is 0.665. The molecule has 3 aromatic rings. The molecule has 0 fully saturated rings. The fraction of sp³-hybridized carbons (Fsp3) is 0.133. The average Bonchev–Trinajstić information content (AvgIpc) is 3.12. The Balaban J connectivity index is 1.96. The van der Waals surface area contributed by atoms with E-state index in [2.05, 4.69) is 26.1 Å². The predicted octanol–water partition coefficient (Wildman–Crippen LogP) is 4.94. The van der Waals surface area contributed by atoms with E-state index in [1.54, 1.807) is 6.07 Å². The van der Waals surface area contributed by atoms with Crippen LogP contribution in [0.15, 0.2) is 49.5 Å². The van der Waals surface area contributed by atoms with Crippen molar-refractivity contribution in [3.63, 3.8) is 0 Å². The number of aromatic nitrogens is 3. The maximum absolute atomic E-state index is 10.8. The van der Waals surface area contributed by atoms with E-state index in [0.717, 1.165) is 11.4 Å². The lowest BCUT2D eigenvalue weighted by atomic mass is 10.2. The predicted molar refractivity (Wildman–Crippen MR) is 92.1 cm³/mol. The van der Waals surface area contributed by atoms with Crippen LogP contribution in [-0.2, 0) is 6.54 Å². The number of nitrogens with zero attached hydrogens (tertiary/aromatic N) is 3. The Labute approximate surface area is 150 Å². The molecule has 0 spiro atoms. The minimum atomic E-state index is 0.264. The number of furan rings is 1. The third-order valence-electron chi connectivity index (χ3n) is 3.11. The highest BCUT2D eigenvalue weighted by Crippen LogP contribution is 2.36. The molecule has 0 N–H and O–H groups in total. The van der Waals surface area contributed by atoms with Crippen LogP contribution in [0.2, 0.25) is 5.02 Å². The zero-order chi connectivity index (χ0) is 16.4. The summed E-state index contributed by atoms with van der Waals surface area (Å²) < 4.78 is 8.13. The van der Waals surface area contributed by atoms with Crippen molar-refractivity contribution in [2.45, 2.75) is 23.7 Å². The Morgan fingerprint density at radius 3 is 2.70 bits per heavy atom. The van der Waals surface area contributed by atoms with E-state index in [0.29, 0.717) is 32.6 Å². The van der Waals surface area contributed by atoms with Crippen LogP contribution >= 0.6 is 39.3 Å². The van der Waals surface area contributed by atoms with Gasteiger partial charge >= 0.3 is 0 Å². The van der Waals surface area contributed by atoms with Crippen LogP contribution in [-0.4, -0.2) is 21.1 Å². The van der Waals surface area contributed by atoms with Gasteiger partial charge < -0.3 is 8.98 Å². The fourth-order valence-electron chi connectivity index (χ4n) is 2.04. The highest BCUT2D eigenvalue weighted by molar-refractivity contribution is 9.10. The molecule has 2 heterocycles. The van der Waals surface area contributed by atoms with Gasteiger partial charge in [-0.25, -0.2) is 0 Å². The summed E-state index contributed by atoms with van der Waals surface area (Å²) in [4.78, 5) is 10.8. The quantitative estimate of drug-likeness (QED) is 0.556. The summed E-state index contributed by atoms with van der Waals surface area (Å²) in [6.45, 7) is 2.72. The van der Waals surface area contributed by atoms with Crippen molar-refractivity contribution >= 4 is 45.6 Å². The molecule has 0 aliphatic rings. The van der Waals surface area contributed by atoms with Crippen LogP contribution in [0.25, 0.3) is 11.4 Å². The molecule has 8 heteroatoms. The van der Waals surface area contributed by atoms with Gasteiger partial charge in [0.15, 0.2) is 28.1 Å². The summed E-state index contributed by atoms with van der Waals surface area (Å²) in [5.41, 5.74) is 0.933. The first-order valence-corrected chi connectivity index (χ1v) is 8.72. The van der Waals surface area contributed by atoms with Crippen molar-refractivity contribution in [2.24, 2.45) is 0 Å². The third kappa shape index (κ3) is 3.36. The first kappa shape index (κ1) is 16.3. The van der Waals surface area contributed by atoms with Crippen molar-refractivity contribution in [2.75, 3.05) is 0 Å². The molecule has 5 nitrogen and oxygen atoms in total. The maximum atomic E-state index is 10.8. The average molecular weight is 413 g/mol. The molecule has 0 bridgehead atoms. The van der Waals surface area contributed by atoms with E-state index in [9.17, 15) is 4.79 Å². The monoisotopic (exact) mass is 411 g/mol. The molecular weight excluding hydrogens is 402 g/mol. The van der Waals surface area contributed by atoms with Crippen LogP contribution in [0.5, 0.6) is 0 Å². The van der Waals surface area contributed by atoms with Gasteiger partial charge in [-0.15, -0.1) is 10.2 Å². The van der Waals surface area contributed by atoms with Gasteiger partial charge in [-0.1, -0.05) is 11.6 Å². The molecule has 0 aliphatic heterocycles. The van der Waals surface area contributed by atoms with Crippen molar-refractivity contribution in [1.29, 1.82) is 0 Å². The highest BCUT2D eigenvalue weighted by atomic mass is 79.9. The standard InChI is InChI=1S/C15H11BrClN3O2S/c1-2-20-13(9-3-5-10(17)6-4-9)18-19-15(20)23-14-12(16)7-11(8-21)22-14/h3-8H,2H2,1H3. The second-order valence-electron chi connectivity index (χ2n) is 4.56. The van der Waals surface area contributed by atoms with E-state index in [1.165, 1.54) is 11.8 Å². The molecule has 0 radical (unpaired) electrons. The number of hydrogen-bond acceptors (Lipinski definition) is 5. The Bertz CT molecular complexity index is 845. The minimum Gasteiger partial charge on any atom is -0.445 e. The van der Waals surface area contributed by atoms with Gasteiger partial charge in [0.1, 0.15) is 0 Å². The lowest BCUT2D eigenvalue weighted by molar-refractivity contribution is 0.109. The van der Waals surface area contributed by atoms with Gasteiger partial charge in [-0.05, 0) is 58.9 Å². The smallest absolute Gasteiger partial charge is 0.199 e. The molecular formula is C15H11BrClN3O2S. The Morgan fingerprint density at radius 2 is 2.09 bits per heavy atom. The Kier molecular flexibility index (Phi) is 4.89. The molecule has 2 aromatic heterocycles. The molecule has 23 heavy (non-hydrogen) atoms. The van der Waals surface area contributed by atoms with Crippen LogP contribution < -0.4 is 0 Å². The molecule has 118 valence electrons. The highest BCUT2D eigenvalue weighted by Gasteiger charge is 2.17. The minimum absolute atomic E-state index is 0.264. The van der Waals surface area contributed by atoms with E-state index in [-0.39, 0.29) is 5.76 Å². The Hall–Kier alpha value is -1.57.